The summed E-state index contributed by atoms with van der Waals surface area (Å²) in [5.74, 6) is -3.01. The fourth-order valence-electron chi connectivity index (χ4n) is 4.30. The van der Waals surface area contributed by atoms with Crippen molar-refractivity contribution in [1.82, 2.24) is 0 Å². The summed E-state index contributed by atoms with van der Waals surface area (Å²) in [7, 11) is 0. The molecule has 0 spiro atoms. The molecule has 32 heavy (non-hydrogen) atoms. The first-order valence-corrected chi connectivity index (χ1v) is 11.1. The van der Waals surface area contributed by atoms with Crippen LogP contribution in [-0.2, 0) is 11.3 Å². The molecule has 1 saturated heterocycles. The summed E-state index contributed by atoms with van der Waals surface area (Å²) < 4.78 is 32.8. The van der Waals surface area contributed by atoms with Crippen molar-refractivity contribution in [3.8, 4) is 0 Å². The topological polar surface area (TPSA) is 52.2 Å². The van der Waals surface area contributed by atoms with E-state index in [-0.39, 0.29) is 0 Å². The SMILES string of the molecule is Cc1cccc(C)c1NCC[N+]1(Cc2ccccc2)CCCCCC1.O=C([O-])C(F)(F)F. The van der Waals surface area contributed by atoms with Gasteiger partial charge in [-0.1, -0.05) is 48.5 Å². The minimum absolute atomic E-state index is 1.05. The first kappa shape index (κ1) is 25.7. The van der Waals surface area contributed by atoms with Gasteiger partial charge in [0.1, 0.15) is 12.5 Å². The van der Waals surface area contributed by atoms with Crippen LogP contribution in [0.5, 0.6) is 0 Å². The van der Waals surface area contributed by atoms with Crippen molar-refractivity contribution < 1.29 is 27.6 Å². The van der Waals surface area contributed by atoms with Gasteiger partial charge in [0.2, 0.25) is 0 Å². The van der Waals surface area contributed by atoms with Gasteiger partial charge in [-0.25, -0.2) is 0 Å². The molecule has 0 bridgehead atoms. The first-order valence-electron chi connectivity index (χ1n) is 11.1. The van der Waals surface area contributed by atoms with Crippen molar-refractivity contribution in [1.29, 1.82) is 0 Å². The highest BCUT2D eigenvalue weighted by molar-refractivity contribution is 5.70. The van der Waals surface area contributed by atoms with Crippen LogP contribution in [0.2, 0.25) is 0 Å². The molecular formula is C25H33F3N2O2. The molecule has 0 saturated carbocycles. The molecule has 3 rings (SSSR count). The molecule has 0 amide bonds. The third kappa shape index (κ3) is 8.19. The summed E-state index contributed by atoms with van der Waals surface area (Å²) in [6.45, 7) is 10.5. The van der Waals surface area contributed by atoms with Crippen LogP contribution in [-0.4, -0.2) is 42.8 Å². The Morgan fingerprint density at radius 3 is 1.97 bits per heavy atom. The highest BCUT2D eigenvalue weighted by Crippen LogP contribution is 2.24. The van der Waals surface area contributed by atoms with E-state index < -0.39 is 12.1 Å². The number of aryl methyl sites for hydroxylation is 2. The molecule has 1 aliphatic heterocycles. The third-order valence-corrected chi connectivity index (χ3v) is 5.98. The average Bonchev–Trinajstić information content (AvgIpc) is 2.96. The molecule has 0 radical (unpaired) electrons. The summed E-state index contributed by atoms with van der Waals surface area (Å²) in [4.78, 5) is 8.78. The van der Waals surface area contributed by atoms with Gasteiger partial charge in [0.25, 0.3) is 0 Å². The number of likely N-dealkylation sites (tertiary alicyclic amines) is 1. The molecule has 1 heterocycles. The second-order valence-corrected chi connectivity index (χ2v) is 8.55. The molecule has 0 unspecified atom stereocenters. The van der Waals surface area contributed by atoms with E-state index in [0.717, 1.165) is 6.54 Å². The maximum atomic E-state index is 10.5. The predicted octanol–water partition coefficient (Wildman–Crippen LogP) is 4.60. The van der Waals surface area contributed by atoms with Gasteiger partial charge < -0.3 is 19.7 Å². The van der Waals surface area contributed by atoms with E-state index in [9.17, 15) is 13.2 Å². The first-order chi connectivity index (χ1) is 15.1. The van der Waals surface area contributed by atoms with Gasteiger partial charge in [-0.15, -0.1) is 0 Å². The molecule has 0 aliphatic carbocycles. The lowest BCUT2D eigenvalue weighted by Crippen LogP contribution is -2.50. The lowest BCUT2D eigenvalue weighted by molar-refractivity contribution is -0.938. The number of carboxylic acid groups (broad SMARTS) is 1. The van der Waals surface area contributed by atoms with Gasteiger partial charge in [-0.05, 0) is 50.7 Å². The standard InChI is InChI=1S/C23H33N2.C2HF3O2/c1-20-11-10-12-21(2)23(20)24-15-18-25(16-8-3-4-9-17-25)19-22-13-6-5-7-14-22;3-2(4,5)1(6)7/h5-7,10-14,24H,3-4,8-9,15-19H2,1-2H3;(H,6,7)/q+1;/p-1. The van der Waals surface area contributed by atoms with Crippen LogP contribution in [0.25, 0.3) is 0 Å². The monoisotopic (exact) mass is 450 g/mol. The zero-order valence-electron chi connectivity index (χ0n) is 18.9. The highest BCUT2D eigenvalue weighted by Gasteiger charge is 2.29. The minimum atomic E-state index is -5.19. The quantitative estimate of drug-likeness (QED) is 0.655. The normalized spacial score (nSPS) is 15.8. The number of hydrogen-bond donors (Lipinski definition) is 1. The fourth-order valence-corrected chi connectivity index (χ4v) is 4.30. The Balaban J connectivity index is 0.000000451. The molecule has 0 aromatic heterocycles. The highest BCUT2D eigenvalue weighted by atomic mass is 19.4. The largest absolute Gasteiger partial charge is 0.542 e. The van der Waals surface area contributed by atoms with Crippen molar-refractivity contribution in [2.45, 2.75) is 52.3 Å². The van der Waals surface area contributed by atoms with Crippen LogP contribution in [0.3, 0.4) is 0 Å². The van der Waals surface area contributed by atoms with E-state index in [1.165, 1.54) is 78.7 Å². The second-order valence-electron chi connectivity index (χ2n) is 8.55. The molecule has 176 valence electrons. The van der Waals surface area contributed by atoms with Crippen LogP contribution >= 0.6 is 0 Å². The summed E-state index contributed by atoms with van der Waals surface area (Å²) >= 11 is 0. The van der Waals surface area contributed by atoms with Gasteiger partial charge in [0.05, 0.1) is 26.2 Å². The maximum absolute atomic E-state index is 10.5. The number of halogens is 3. The molecule has 0 atom stereocenters. The van der Waals surface area contributed by atoms with Crippen LogP contribution in [0.1, 0.15) is 42.4 Å². The zero-order valence-corrected chi connectivity index (χ0v) is 18.9. The fraction of sp³-hybridized carbons (Fsp3) is 0.480. The van der Waals surface area contributed by atoms with E-state index >= 15 is 0 Å². The Morgan fingerprint density at radius 1 is 0.938 bits per heavy atom. The number of benzene rings is 2. The molecule has 1 aliphatic rings. The number of aliphatic carboxylic acids is 1. The van der Waals surface area contributed by atoms with E-state index in [4.69, 9.17) is 9.90 Å². The maximum Gasteiger partial charge on any atom is 0.430 e. The van der Waals surface area contributed by atoms with Gasteiger partial charge in [0.15, 0.2) is 0 Å². The summed E-state index contributed by atoms with van der Waals surface area (Å²) in [6, 6.07) is 17.6. The Hall–Kier alpha value is -2.54. The average molecular weight is 451 g/mol. The molecule has 2 aromatic carbocycles. The molecule has 1 N–H and O–H groups in total. The van der Waals surface area contributed by atoms with E-state index in [1.807, 2.05) is 0 Å². The Kier molecular flexibility index (Phi) is 9.57. The van der Waals surface area contributed by atoms with Crippen LogP contribution in [0.15, 0.2) is 48.5 Å². The molecule has 2 aromatic rings. The minimum Gasteiger partial charge on any atom is -0.542 e. The Bertz CT molecular complexity index is 826. The number of carbonyl (C=O) groups is 1. The van der Waals surface area contributed by atoms with Gasteiger partial charge in [-0.3, -0.25) is 0 Å². The number of quaternary nitrogens is 1. The van der Waals surface area contributed by atoms with Gasteiger partial charge in [-0.2, -0.15) is 13.2 Å². The molecule has 1 fully saturated rings. The lowest BCUT2D eigenvalue weighted by atomic mass is 10.1. The van der Waals surface area contributed by atoms with Crippen LogP contribution in [0, 0.1) is 13.8 Å². The van der Waals surface area contributed by atoms with Crippen LogP contribution in [0.4, 0.5) is 18.9 Å². The van der Waals surface area contributed by atoms with Gasteiger partial charge in [0, 0.05) is 11.3 Å². The Labute approximate surface area is 188 Å². The number of anilines is 1. The number of carboxylic acids is 1. The van der Waals surface area contributed by atoms with Crippen molar-refractivity contribution >= 4 is 11.7 Å². The number of hydrogen-bond acceptors (Lipinski definition) is 3. The summed E-state index contributed by atoms with van der Waals surface area (Å²) in [5, 5.41) is 12.5. The molecule has 4 nitrogen and oxygen atoms in total. The van der Waals surface area contributed by atoms with E-state index in [1.54, 1.807) is 0 Å². The van der Waals surface area contributed by atoms with Crippen molar-refractivity contribution in [2.75, 3.05) is 31.5 Å². The van der Waals surface area contributed by atoms with E-state index in [2.05, 4.69) is 67.7 Å². The number of nitrogens with one attached hydrogen (secondary N) is 1. The van der Waals surface area contributed by atoms with E-state index in [0.29, 0.717) is 0 Å². The van der Waals surface area contributed by atoms with Crippen molar-refractivity contribution in [2.24, 2.45) is 0 Å². The van der Waals surface area contributed by atoms with Gasteiger partial charge >= 0.3 is 6.18 Å². The summed E-state index contributed by atoms with van der Waals surface area (Å²) in [6.07, 6.45) is 0.352. The van der Waals surface area contributed by atoms with Crippen LogP contribution < -0.4 is 10.4 Å². The number of nitrogens with zero attached hydrogens (tertiary/aromatic N) is 1. The van der Waals surface area contributed by atoms with Crippen molar-refractivity contribution in [3.05, 3.63) is 65.2 Å². The zero-order chi connectivity index (χ0) is 23.6. The number of carbonyl (C=O) groups excluding carboxylic acids is 1. The molecule has 7 heteroatoms. The summed E-state index contributed by atoms with van der Waals surface area (Å²) in [5.41, 5.74) is 5.52. The number of para-hydroxylation sites is 1. The number of alkyl halides is 3. The lowest BCUT2D eigenvalue weighted by Gasteiger charge is -2.38. The predicted molar refractivity (Wildman–Crippen MR) is 119 cm³/mol. The van der Waals surface area contributed by atoms with Crippen molar-refractivity contribution in [3.63, 3.8) is 0 Å². The molecular weight excluding hydrogens is 417 g/mol. The Morgan fingerprint density at radius 2 is 1.47 bits per heavy atom. The second kappa shape index (κ2) is 11.9. The smallest absolute Gasteiger partial charge is 0.430 e. The third-order valence-electron chi connectivity index (χ3n) is 5.98. The number of rotatable bonds is 6.